The molecule has 0 aliphatic heterocycles. The lowest BCUT2D eigenvalue weighted by Gasteiger charge is -2.02. The molecule has 0 unspecified atom stereocenters. The van der Waals surface area contributed by atoms with E-state index >= 15 is 0 Å². The number of nitrogens with zero attached hydrogens (tertiary/aromatic N) is 3. The Kier molecular flexibility index (Phi) is 3.19. The fraction of sp³-hybridized carbons (Fsp3) is 0.250. The molecule has 0 radical (unpaired) electrons. The average Bonchev–Trinajstić information content (AvgIpc) is 2.16. The van der Waals surface area contributed by atoms with E-state index in [0.717, 1.165) is 10.7 Å². The highest BCUT2D eigenvalue weighted by atomic mass is 19.1. The third kappa shape index (κ3) is 2.65. The Morgan fingerprint density at radius 1 is 1.33 bits per heavy atom. The molecule has 0 amide bonds. The summed E-state index contributed by atoms with van der Waals surface area (Å²) in [5.41, 5.74) is 0.720. The Labute approximate surface area is 70.5 Å². The Morgan fingerprint density at radius 2 is 2.00 bits per heavy atom. The molecule has 0 saturated heterocycles. The SMILES string of the molecule is CN(CF)N=Nc1ccccc1. The predicted molar refractivity (Wildman–Crippen MR) is 44.7 cm³/mol. The van der Waals surface area contributed by atoms with Crippen molar-refractivity contribution in [1.82, 2.24) is 5.01 Å². The fourth-order valence-corrected chi connectivity index (χ4v) is 0.647. The first-order valence-corrected chi connectivity index (χ1v) is 3.56. The maximum atomic E-state index is 11.9. The highest BCUT2D eigenvalue weighted by Gasteiger charge is 1.88. The van der Waals surface area contributed by atoms with E-state index in [2.05, 4.69) is 10.3 Å². The van der Waals surface area contributed by atoms with Gasteiger partial charge in [-0.05, 0) is 12.1 Å². The van der Waals surface area contributed by atoms with Crippen molar-refractivity contribution >= 4 is 5.69 Å². The first kappa shape index (κ1) is 8.64. The van der Waals surface area contributed by atoms with Crippen molar-refractivity contribution in [3.63, 3.8) is 0 Å². The summed E-state index contributed by atoms with van der Waals surface area (Å²) in [7, 11) is 1.52. The Hall–Kier alpha value is -1.45. The van der Waals surface area contributed by atoms with Crippen molar-refractivity contribution in [3.8, 4) is 0 Å². The molecule has 0 aliphatic carbocycles. The zero-order valence-corrected chi connectivity index (χ0v) is 6.81. The van der Waals surface area contributed by atoms with Crippen LogP contribution < -0.4 is 0 Å². The molecule has 0 bridgehead atoms. The van der Waals surface area contributed by atoms with Gasteiger partial charge in [-0.15, -0.1) is 5.11 Å². The Bertz CT molecular complexity index is 248. The van der Waals surface area contributed by atoms with Crippen LogP contribution in [-0.2, 0) is 0 Å². The van der Waals surface area contributed by atoms with Gasteiger partial charge in [0.2, 0.25) is 0 Å². The van der Waals surface area contributed by atoms with Crippen molar-refractivity contribution in [2.75, 3.05) is 13.8 Å². The maximum absolute atomic E-state index is 11.9. The van der Waals surface area contributed by atoms with Gasteiger partial charge in [0.15, 0.2) is 6.80 Å². The van der Waals surface area contributed by atoms with E-state index in [0.29, 0.717) is 0 Å². The lowest BCUT2D eigenvalue weighted by molar-refractivity contribution is 0.221. The van der Waals surface area contributed by atoms with Crippen LogP contribution in [0.2, 0.25) is 0 Å². The van der Waals surface area contributed by atoms with Gasteiger partial charge in [0.1, 0.15) is 0 Å². The topological polar surface area (TPSA) is 28.0 Å². The van der Waals surface area contributed by atoms with E-state index < -0.39 is 6.80 Å². The average molecular weight is 167 g/mol. The monoisotopic (exact) mass is 167 g/mol. The van der Waals surface area contributed by atoms with Crippen LogP contribution in [0.25, 0.3) is 0 Å². The van der Waals surface area contributed by atoms with Crippen LogP contribution in [0.15, 0.2) is 40.7 Å². The molecule has 1 rings (SSSR count). The van der Waals surface area contributed by atoms with Crippen LogP contribution in [0.5, 0.6) is 0 Å². The molecule has 1 aromatic carbocycles. The quantitative estimate of drug-likeness (QED) is 0.386. The fourth-order valence-electron chi connectivity index (χ4n) is 0.647. The van der Waals surface area contributed by atoms with Crippen LogP contribution >= 0.6 is 0 Å². The Morgan fingerprint density at radius 3 is 2.58 bits per heavy atom. The van der Waals surface area contributed by atoms with Crippen molar-refractivity contribution in [2.45, 2.75) is 0 Å². The van der Waals surface area contributed by atoms with E-state index in [-0.39, 0.29) is 0 Å². The number of halogens is 1. The van der Waals surface area contributed by atoms with Crippen molar-refractivity contribution in [1.29, 1.82) is 0 Å². The smallest absolute Gasteiger partial charge is 0.178 e. The maximum Gasteiger partial charge on any atom is 0.178 e. The first-order valence-electron chi connectivity index (χ1n) is 3.56. The summed E-state index contributed by atoms with van der Waals surface area (Å²) in [6.07, 6.45) is 0. The van der Waals surface area contributed by atoms with E-state index in [1.807, 2.05) is 18.2 Å². The van der Waals surface area contributed by atoms with E-state index in [1.54, 1.807) is 12.1 Å². The first-order chi connectivity index (χ1) is 5.83. The van der Waals surface area contributed by atoms with Gasteiger partial charge in [0.05, 0.1) is 5.69 Å². The highest BCUT2D eigenvalue weighted by molar-refractivity contribution is 5.34. The second-order valence-corrected chi connectivity index (χ2v) is 2.30. The van der Waals surface area contributed by atoms with Crippen molar-refractivity contribution in [2.24, 2.45) is 10.3 Å². The largest absolute Gasteiger partial charge is 0.251 e. The third-order valence-electron chi connectivity index (χ3n) is 1.24. The van der Waals surface area contributed by atoms with Gasteiger partial charge < -0.3 is 0 Å². The second kappa shape index (κ2) is 4.43. The molecule has 0 spiro atoms. The molecule has 3 nitrogen and oxygen atoms in total. The lowest BCUT2D eigenvalue weighted by Crippen LogP contribution is -2.06. The standard InChI is InChI=1S/C8H10FN3/c1-12(7-9)11-10-8-5-3-2-4-6-8/h2-6H,7H2,1H3. The molecule has 0 N–H and O–H groups in total. The minimum Gasteiger partial charge on any atom is -0.251 e. The predicted octanol–water partition coefficient (Wildman–Crippen LogP) is 2.54. The molecule has 0 aliphatic rings. The molecule has 0 heterocycles. The summed E-state index contributed by atoms with van der Waals surface area (Å²) in [5.74, 6) is 0. The third-order valence-corrected chi connectivity index (χ3v) is 1.24. The molecule has 64 valence electrons. The molecule has 4 heteroatoms. The normalized spacial score (nSPS) is 10.5. The van der Waals surface area contributed by atoms with Crippen LogP contribution in [0.1, 0.15) is 0 Å². The van der Waals surface area contributed by atoms with E-state index in [9.17, 15) is 4.39 Å². The number of rotatable bonds is 3. The summed E-state index contributed by atoms with van der Waals surface area (Å²) in [6, 6.07) is 9.19. The zero-order valence-electron chi connectivity index (χ0n) is 6.81. The molecular weight excluding hydrogens is 157 g/mol. The van der Waals surface area contributed by atoms with Gasteiger partial charge in [-0.2, -0.15) is 0 Å². The molecule has 0 fully saturated rings. The van der Waals surface area contributed by atoms with Crippen molar-refractivity contribution in [3.05, 3.63) is 30.3 Å². The summed E-state index contributed by atoms with van der Waals surface area (Å²) in [6.45, 7) is -0.629. The summed E-state index contributed by atoms with van der Waals surface area (Å²) < 4.78 is 11.9. The number of benzene rings is 1. The Balaban J connectivity index is 2.58. The molecular formula is C8H10FN3. The van der Waals surface area contributed by atoms with E-state index in [1.165, 1.54) is 7.05 Å². The van der Waals surface area contributed by atoms with Gasteiger partial charge in [-0.3, -0.25) is 5.01 Å². The number of hydrogen-bond donors (Lipinski definition) is 0. The second-order valence-electron chi connectivity index (χ2n) is 2.30. The van der Waals surface area contributed by atoms with Crippen LogP contribution in [-0.4, -0.2) is 18.9 Å². The van der Waals surface area contributed by atoms with Crippen LogP contribution in [0.4, 0.5) is 10.1 Å². The van der Waals surface area contributed by atoms with E-state index in [4.69, 9.17) is 0 Å². The van der Waals surface area contributed by atoms with Gasteiger partial charge in [0, 0.05) is 7.05 Å². The summed E-state index contributed by atoms with van der Waals surface area (Å²) >= 11 is 0. The van der Waals surface area contributed by atoms with Gasteiger partial charge in [0.25, 0.3) is 0 Å². The molecule has 1 aromatic rings. The molecule has 0 saturated carbocycles. The van der Waals surface area contributed by atoms with Gasteiger partial charge in [-0.1, -0.05) is 23.4 Å². The molecule has 0 atom stereocenters. The lowest BCUT2D eigenvalue weighted by atomic mass is 10.3. The highest BCUT2D eigenvalue weighted by Crippen LogP contribution is 2.10. The summed E-state index contributed by atoms with van der Waals surface area (Å²) in [4.78, 5) is 0. The van der Waals surface area contributed by atoms with Crippen molar-refractivity contribution < 1.29 is 4.39 Å². The van der Waals surface area contributed by atoms with Crippen LogP contribution in [0, 0.1) is 0 Å². The van der Waals surface area contributed by atoms with Crippen LogP contribution in [0.3, 0.4) is 0 Å². The van der Waals surface area contributed by atoms with Gasteiger partial charge >= 0.3 is 0 Å². The summed E-state index contributed by atoms with van der Waals surface area (Å²) in [5, 5.41) is 8.50. The minimum atomic E-state index is -0.629. The number of alkyl halides is 1. The zero-order chi connectivity index (χ0) is 8.81. The molecule has 0 aromatic heterocycles. The number of hydrogen-bond acceptors (Lipinski definition) is 2. The molecule has 12 heavy (non-hydrogen) atoms. The van der Waals surface area contributed by atoms with Gasteiger partial charge in [-0.25, -0.2) is 4.39 Å². The minimum absolute atomic E-state index is 0.629.